The van der Waals surface area contributed by atoms with Crippen molar-refractivity contribution in [3.8, 4) is 5.75 Å². The summed E-state index contributed by atoms with van der Waals surface area (Å²) in [4.78, 5) is 11.8. The van der Waals surface area contributed by atoms with Crippen molar-refractivity contribution in [3.05, 3.63) is 57.8 Å². The van der Waals surface area contributed by atoms with Crippen molar-refractivity contribution in [1.29, 1.82) is 0 Å². The van der Waals surface area contributed by atoms with E-state index in [-0.39, 0.29) is 12.5 Å². The molecule has 3 nitrogen and oxygen atoms in total. The van der Waals surface area contributed by atoms with Crippen molar-refractivity contribution in [3.63, 3.8) is 0 Å². The van der Waals surface area contributed by atoms with Crippen LogP contribution < -0.4 is 10.1 Å². The summed E-state index contributed by atoms with van der Waals surface area (Å²) in [7, 11) is 0. The number of anilines is 1. The molecule has 2 aromatic carbocycles. The molecule has 21 heavy (non-hydrogen) atoms. The van der Waals surface area contributed by atoms with Crippen LogP contribution >= 0.6 is 15.9 Å². The predicted molar refractivity (Wildman–Crippen MR) is 84.1 cm³/mol. The molecule has 0 aromatic heterocycles. The smallest absolute Gasteiger partial charge is 0.262 e. The van der Waals surface area contributed by atoms with E-state index >= 15 is 0 Å². The van der Waals surface area contributed by atoms with Gasteiger partial charge >= 0.3 is 0 Å². The van der Waals surface area contributed by atoms with Crippen molar-refractivity contribution >= 4 is 27.5 Å². The summed E-state index contributed by atoms with van der Waals surface area (Å²) in [5, 5.41) is 2.59. The molecule has 2 aromatic rings. The molecule has 0 aliphatic rings. The highest BCUT2D eigenvalue weighted by Crippen LogP contribution is 2.27. The predicted octanol–water partition coefficient (Wildman–Crippen LogP) is 4.22. The minimum absolute atomic E-state index is 0.125. The molecule has 110 valence electrons. The zero-order valence-electron chi connectivity index (χ0n) is 11.7. The van der Waals surface area contributed by atoms with Crippen LogP contribution in [-0.4, -0.2) is 12.5 Å². The lowest BCUT2D eigenvalue weighted by Crippen LogP contribution is -2.20. The normalized spacial score (nSPS) is 10.3. The fraction of sp³-hybridized carbons (Fsp3) is 0.188. The molecule has 0 saturated carbocycles. The number of nitrogens with one attached hydrogen (secondary N) is 1. The van der Waals surface area contributed by atoms with Gasteiger partial charge in [0.1, 0.15) is 11.6 Å². The minimum atomic E-state index is -0.395. The lowest BCUT2D eigenvalue weighted by Gasteiger charge is -2.12. The Hall–Kier alpha value is -1.88. The van der Waals surface area contributed by atoms with Crippen LogP contribution in [-0.2, 0) is 4.79 Å². The number of benzene rings is 2. The van der Waals surface area contributed by atoms with E-state index in [0.717, 1.165) is 15.6 Å². The van der Waals surface area contributed by atoms with Gasteiger partial charge in [-0.05, 0) is 55.3 Å². The molecule has 0 saturated heterocycles. The van der Waals surface area contributed by atoms with E-state index in [2.05, 4.69) is 21.2 Å². The monoisotopic (exact) mass is 351 g/mol. The number of hydrogen-bond acceptors (Lipinski definition) is 2. The summed E-state index contributed by atoms with van der Waals surface area (Å²) in [5.74, 6) is -0.0387. The van der Waals surface area contributed by atoms with E-state index in [4.69, 9.17) is 4.74 Å². The molecular weight excluding hydrogens is 337 g/mol. The van der Waals surface area contributed by atoms with Gasteiger partial charge in [0.2, 0.25) is 0 Å². The second-order valence-corrected chi connectivity index (χ2v) is 5.63. The van der Waals surface area contributed by atoms with Gasteiger partial charge in [-0.3, -0.25) is 4.79 Å². The lowest BCUT2D eigenvalue weighted by molar-refractivity contribution is -0.118. The fourth-order valence-corrected chi connectivity index (χ4v) is 2.71. The van der Waals surface area contributed by atoms with Gasteiger partial charge in [-0.25, -0.2) is 4.39 Å². The van der Waals surface area contributed by atoms with Crippen LogP contribution in [0.3, 0.4) is 0 Å². The van der Waals surface area contributed by atoms with Gasteiger partial charge in [-0.2, -0.15) is 0 Å². The Morgan fingerprint density at radius 2 is 1.90 bits per heavy atom. The molecule has 1 N–H and O–H groups in total. The Morgan fingerprint density at radius 1 is 1.24 bits per heavy atom. The van der Waals surface area contributed by atoms with E-state index in [1.807, 2.05) is 26.0 Å². The molecule has 5 heteroatoms. The van der Waals surface area contributed by atoms with E-state index in [1.165, 1.54) is 18.2 Å². The van der Waals surface area contributed by atoms with Gasteiger partial charge in [0, 0.05) is 10.2 Å². The third-order valence-electron chi connectivity index (χ3n) is 2.88. The van der Waals surface area contributed by atoms with Gasteiger partial charge in [-0.1, -0.05) is 22.0 Å². The fourth-order valence-electron chi connectivity index (χ4n) is 2.03. The van der Waals surface area contributed by atoms with E-state index in [1.54, 1.807) is 6.07 Å². The molecule has 0 fully saturated rings. The maximum Gasteiger partial charge on any atom is 0.262 e. The SMILES string of the molecule is Cc1cc(Br)cc(C)c1OCC(=O)Nc1cccc(F)c1. The van der Waals surface area contributed by atoms with Crippen LogP contribution in [0.25, 0.3) is 0 Å². The lowest BCUT2D eigenvalue weighted by atomic mass is 10.1. The maximum absolute atomic E-state index is 13.0. The van der Waals surface area contributed by atoms with Crippen molar-refractivity contribution in [2.75, 3.05) is 11.9 Å². The summed E-state index contributed by atoms with van der Waals surface area (Å²) >= 11 is 3.41. The Labute approximate surface area is 131 Å². The molecule has 0 unspecified atom stereocenters. The summed E-state index contributed by atoms with van der Waals surface area (Å²) in [6.45, 7) is 3.70. The summed E-state index contributed by atoms with van der Waals surface area (Å²) < 4.78 is 19.6. The molecule has 0 heterocycles. The van der Waals surface area contributed by atoms with Crippen LogP contribution in [0.15, 0.2) is 40.9 Å². The molecule has 0 atom stereocenters. The van der Waals surface area contributed by atoms with Crippen LogP contribution in [0.5, 0.6) is 5.75 Å². The van der Waals surface area contributed by atoms with Crippen molar-refractivity contribution in [1.82, 2.24) is 0 Å². The van der Waals surface area contributed by atoms with Gasteiger partial charge in [0.15, 0.2) is 6.61 Å². The zero-order chi connectivity index (χ0) is 15.4. The Bertz CT molecular complexity index is 650. The number of ether oxygens (including phenoxy) is 1. The number of rotatable bonds is 4. The van der Waals surface area contributed by atoms with Crippen molar-refractivity contribution in [2.24, 2.45) is 0 Å². The molecular formula is C16H15BrFNO2. The number of carbonyl (C=O) groups is 1. The van der Waals surface area contributed by atoms with Crippen LogP contribution in [0.2, 0.25) is 0 Å². The minimum Gasteiger partial charge on any atom is -0.483 e. The molecule has 0 radical (unpaired) electrons. The first-order chi connectivity index (χ1) is 9.95. The third kappa shape index (κ3) is 4.29. The number of halogens is 2. The van der Waals surface area contributed by atoms with Gasteiger partial charge < -0.3 is 10.1 Å². The molecule has 0 aliphatic heterocycles. The van der Waals surface area contributed by atoms with E-state index in [9.17, 15) is 9.18 Å². The van der Waals surface area contributed by atoms with Crippen LogP contribution in [0.4, 0.5) is 10.1 Å². The Kier molecular flexibility index (Phi) is 4.96. The standard InChI is InChI=1S/C16H15BrFNO2/c1-10-6-12(17)7-11(2)16(10)21-9-15(20)19-14-5-3-4-13(18)8-14/h3-8H,9H2,1-2H3,(H,19,20). The topological polar surface area (TPSA) is 38.3 Å². The summed E-state index contributed by atoms with van der Waals surface area (Å²) in [5.41, 5.74) is 2.30. The first kappa shape index (κ1) is 15.5. The van der Waals surface area contributed by atoms with Gasteiger partial charge in [0.05, 0.1) is 0 Å². The average molecular weight is 352 g/mol. The van der Waals surface area contributed by atoms with E-state index in [0.29, 0.717) is 11.4 Å². The third-order valence-corrected chi connectivity index (χ3v) is 3.34. The van der Waals surface area contributed by atoms with Gasteiger partial charge in [-0.15, -0.1) is 0 Å². The Balaban J connectivity index is 1.99. The first-order valence-electron chi connectivity index (χ1n) is 6.40. The summed E-state index contributed by atoms with van der Waals surface area (Å²) in [6, 6.07) is 9.58. The first-order valence-corrected chi connectivity index (χ1v) is 7.20. The van der Waals surface area contributed by atoms with Crippen molar-refractivity contribution < 1.29 is 13.9 Å². The molecule has 0 spiro atoms. The molecule has 1 amide bonds. The zero-order valence-corrected chi connectivity index (χ0v) is 13.3. The largest absolute Gasteiger partial charge is 0.483 e. The quantitative estimate of drug-likeness (QED) is 0.895. The van der Waals surface area contributed by atoms with Crippen LogP contribution in [0, 0.1) is 19.7 Å². The van der Waals surface area contributed by atoms with Gasteiger partial charge in [0.25, 0.3) is 5.91 Å². The molecule has 2 rings (SSSR count). The maximum atomic E-state index is 13.0. The number of hydrogen-bond donors (Lipinski definition) is 1. The highest BCUT2D eigenvalue weighted by atomic mass is 79.9. The summed E-state index contributed by atoms with van der Waals surface area (Å²) in [6.07, 6.45) is 0. The van der Waals surface area contributed by atoms with E-state index < -0.39 is 5.82 Å². The highest BCUT2D eigenvalue weighted by molar-refractivity contribution is 9.10. The number of aryl methyl sites for hydroxylation is 2. The number of carbonyl (C=O) groups excluding carboxylic acids is 1. The Morgan fingerprint density at radius 3 is 2.52 bits per heavy atom. The average Bonchev–Trinajstić information content (AvgIpc) is 2.37. The van der Waals surface area contributed by atoms with Crippen LogP contribution in [0.1, 0.15) is 11.1 Å². The second-order valence-electron chi connectivity index (χ2n) is 4.72. The molecule has 0 bridgehead atoms. The molecule has 0 aliphatic carbocycles. The van der Waals surface area contributed by atoms with Crippen molar-refractivity contribution in [2.45, 2.75) is 13.8 Å². The number of amides is 1. The highest BCUT2D eigenvalue weighted by Gasteiger charge is 2.09. The second kappa shape index (κ2) is 6.72.